The van der Waals surface area contributed by atoms with E-state index in [1.54, 1.807) is 0 Å². The molecule has 0 atom stereocenters. The van der Waals surface area contributed by atoms with E-state index < -0.39 is 0 Å². The van der Waals surface area contributed by atoms with Gasteiger partial charge in [0, 0.05) is 38.0 Å². The van der Waals surface area contributed by atoms with Gasteiger partial charge in [-0.15, -0.1) is 0 Å². The molecule has 3 nitrogen and oxygen atoms in total. The Morgan fingerprint density at radius 2 is 1.12 bits per heavy atom. The van der Waals surface area contributed by atoms with Gasteiger partial charge < -0.3 is 8.98 Å². The molecule has 8 aromatic carbocycles. The third-order valence-corrected chi connectivity index (χ3v) is 11.0. The van der Waals surface area contributed by atoms with Gasteiger partial charge in [0.1, 0.15) is 5.58 Å². The Kier molecular flexibility index (Phi) is 8.26. The Morgan fingerprint density at radius 3 is 1.89 bits per heavy atom. The number of aliphatic imine (C=N–C) groups is 1. The van der Waals surface area contributed by atoms with Gasteiger partial charge in [-0.25, -0.2) is 0 Å². The van der Waals surface area contributed by atoms with E-state index in [0.717, 1.165) is 78.1 Å². The molecule has 0 saturated heterocycles. The fourth-order valence-electron chi connectivity index (χ4n) is 8.14. The molecule has 0 N–H and O–H groups in total. The minimum atomic E-state index is 0.743. The quantitative estimate of drug-likeness (QED) is 0.151. The molecule has 10 aromatic rings. The van der Waals surface area contributed by atoms with Crippen LogP contribution in [0, 0.1) is 0 Å². The zero-order chi connectivity index (χ0) is 37.6. The van der Waals surface area contributed by atoms with Gasteiger partial charge in [0.05, 0.1) is 22.4 Å². The number of para-hydroxylation sites is 2. The largest absolute Gasteiger partial charge is 0.454 e. The molecule has 3 heteroatoms. The van der Waals surface area contributed by atoms with Gasteiger partial charge >= 0.3 is 0 Å². The lowest BCUT2D eigenvalue weighted by atomic mass is 10.0. The predicted octanol–water partition coefficient (Wildman–Crippen LogP) is 12.5. The minimum Gasteiger partial charge on any atom is -0.454 e. The molecule has 0 unspecified atom stereocenters. The highest BCUT2D eigenvalue weighted by Crippen LogP contribution is 2.39. The van der Waals surface area contributed by atoms with E-state index in [1.165, 1.54) is 33.0 Å². The number of furan rings is 1. The normalized spacial score (nSPS) is 12.6. The molecule has 0 fully saturated rings. The maximum atomic E-state index is 6.91. The van der Waals surface area contributed by atoms with Crippen molar-refractivity contribution in [3.05, 3.63) is 210 Å². The van der Waals surface area contributed by atoms with Crippen molar-refractivity contribution in [1.29, 1.82) is 0 Å². The van der Waals surface area contributed by atoms with Crippen LogP contribution in [0.1, 0.15) is 24.5 Å². The van der Waals surface area contributed by atoms with Crippen molar-refractivity contribution in [3.8, 4) is 27.9 Å². The van der Waals surface area contributed by atoms with Crippen molar-refractivity contribution in [2.45, 2.75) is 13.3 Å². The van der Waals surface area contributed by atoms with Crippen molar-refractivity contribution in [2.75, 3.05) is 0 Å². The fraction of sp³-hybridized carbons (Fsp3) is 0.0377. The lowest BCUT2D eigenvalue weighted by Crippen LogP contribution is -2.25. The molecule has 0 aliphatic rings. The second kappa shape index (κ2) is 13.9. The van der Waals surface area contributed by atoms with Gasteiger partial charge in [0.25, 0.3) is 0 Å². The van der Waals surface area contributed by atoms with Crippen molar-refractivity contribution in [1.82, 2.24) is 4.57 Å². The van der Waals surface area contributed by atoms with E-state index in [0.29, 0.717) is 0 Å². The van der Waals surface area contributed by atoms with Crippen LogP contribution in [0.4, 0.5) is 0 Å². The van der Waals surface area contributed by atoms with Crippen LogP contribution >= 0.6 is 0 Å². The number of fused-ring (bicyclic) bond motifs is 6. The molecular formula is C53H38N2O. The average Bonchev–Trinajstić information content (AvgIpc) is 3.80. The molecule has 266 valence electrons. The molecule has 0 radical (unpaired) electrons. The summed E-state index contributed by atoms with van der Waals surface area (Å²) in [7, 11) is 0. The van der Waals surface area contributed by atoms with E-state index >= 15 is 0 Å². The van der Waals surface area contributed by atoms with E-state index in [1.807, 2.05) is 18.2 Å². The molecular weight excluding hydrogens is 681 g/mol. The number of hydrogen-bond acceptors (Lipinski definition) is 2. The van der Waals surface area contributed by atoms with E-state index in [2.05, 4.69) is 188 Å². The van der Waals surface area contributed by atoms with E-state index in [9.17, 15) is 0 Å². The first-order valence-corrected chi connectivity index (χ1v) is 19.2. The highest BCUT2D eigenvalue weighted by atomic mass is 16.3. The van der Waals surface area contributed by atoms with Crippen LogP contribution in [0.3, 0.4) is 0 Å². The van der Waals surface area contributed by atoms with Crippen LogP contribution in [0.2, 0.25) is 0 Å². The minimum absolute atomic E-state index is 0.743. The molecule has 0 bridgehead atoms. The maximum Gasteiger partial charge on any atom is 0.159 e. The predicted molar refractivity (Wildman–Crippen MR) is 236 cm³/mol. The molecule has 2 heterocycles. The fourth-order valence-corrected chi connectivity index (χ4v) is 8.14. The molecule has 56 heavy (non-hydrogen) atoms. The van der Waals surface area contributed by atoms with Crippen LogP contribution in [-0.4, -0.2) is 10.3 Å². The van der Waals surface area contributed by atoms with Crippen LogP contribution in [0.25, 0.3) is 84.0 Å². The molecule has 0 saturated carbocycles. The highest BCUT2D eigenvalue weighted by Gasteiger charge is 2.19. The number of rotatable bonds is 7. The molecule has 10 rings (SSSR count). The molecule has 2 aromatic heterocycles. The summed E-state index contributed by atoms with van der Waals surface area (Å²) in [5.41, 5.74) is 13.7. The van der Waals surface area contributed by atoms with E-state index in [-0.39, 0.29) is 0 Å². The summed E-state index contributed by atoms with van der Waals surface area (Å²) in [6.45, 7) is 6.55. The summed E-state index contributed by atoms with van der Waals surface area (Å²) in [4.78, 5) is 5.44. The summed E-state index contributed by atoms with van der Waals surface area (Å²) in [6.07, 6.45) is 0.743. The molecule has 0 spiro atoms. The van der Waals surface area contributed by atoms with Crippen molar-refractivity contribution in [2.24, 2.45) is 4.99 Å². The van der Waals surface area contributed by atoms with Crippen molar-refractivity contribution >= 4 is 61.7 Å². The van der Waals surface area contributed by atoms with E-state index in [4.69, 9.17) is 9.41 Å². The highest BCUT2D eigenvalue weighted by molar-refractivity contribution is 6.14. The summed E-state index contributed by atoms with van der Waals surface area (Å²) in [5.74, 6) is 0. The number of benzene rings is 8. The summed E-state index contributed by atoms with van der Waals surface area (Å²) in [5, 5.41) is 6.55. The van der Waals surface area contributed by atoms with Gasteiger partial charge in [-0.2, -0.15) is 0 Å². The first-order valence-electron chi connectivity index (χ1n) is 19.2. The maximum absolute atomic E-state index is 6.91. The zero-order valence-corrected chi connectivity index (χ0v) is 31.1. The SMILES string of the molecule is C=c1cccc/c1=C(/N=C(\CC)c1ccc2c(c1)oc1c(-n3c4ccccc4c4ccc(-c5ccccc5)cc43)cccc12)c1ccc(-c2ccccc2)cc1. The lowest BCUT2D eigenvalue weighted by molar-refractivity contribution is 0.666. The first-order chi connectivity index (χ1) is 27.6. The van der Waals surface area contributed by atoms with Gasteiger partial charge in [-0.05, 0) is 69.8 Å². The summed E-state index contributed by atoms with van der Waals surface area (Å²) >= 11 is 0. The Bertz CT molecular complexity index is 3220. The second-order valence-corrected chi connectivity index (χ2v) is 14.3. The van der Waals surface area contributed by atoms with Crippen LogP contribution in [0.5, 0.6) is 0 Å². The molecule has 0 aliphatic heterocycles. The number of nitrogens with zero attached hydrogens (tertiary/aromatic N) is 2. The summed E-state index contributed by atoms with van der Waals surface area (Å²) < 4.78 is 9.27. The van der Waals surface area contributed by atoms with Crippen LogP contribution < -0.4 is 10.4 Å². The monoisotopic (exact) mass is 718 g/mol. The second-order valence-electron chi connectivity index (χ2n) is 14.3. The Hall–Kier alpha value is -7.23. The Labute approximate surface area is 325 Å². The first kappa shape index (κ1) is 33.3. The molecule has 0 amide bonds. The van der Waals surface area contributed by atoms with Gasteiger partial charge in [-0.3, -0.25) is 4.99 Å². The van der Waals surface area contributed by atoms with Crippen molar-refractivity contribution in [3.63, 3.8) is 0 Å². The lowest BCUT2D eigenvalue weighted by Gasteiger charge is -2.10. The topological polar surface area (TPSA) is 30.4 Å². The Balaban J connectivity index is 1.12. The standard InChI is InChI=1S/C53H38N2O/c1-3-47(54-52(42-20-11-10-15-35(42)2)39-27-25-38(26-28-39)36-16-6-4-7-17-36)41-30-32-45-46-22-14-24-49(53(46)56-51(45)34-41)55-48-23-13-12-21-43(48)44-31-29-40(33-50(44)55)37-18-8-5-9-19-37/h4-34H,2-3H2,1H3/b52-42-,54-47+. The summed E-state index contributed by atoms with van der Waals surface area (Å²) in [6, 6.07) is 66.4. The average molecular weight is 719 g/mol. The van der Waals surface area contributed by atoms with Gasteiger partial charge in [0.15, 0.2) is 5.58 Å². The zero-order valence-electron chi connectivity index (χ0n) is 31.1. The van der Waals surface area contributed by atoms with Crippen LogP contribution in [-0.2, 0) is 0 Å². The smallest absolute Gasteiger partial charge is 0.159 e. The van der Waals surface area contributed by atoms with Gasteiger partial charge in [-0.1, -0.05) is 171 Å². The third-order valence-electron chi connectivity index (χ3n) is 11.0. The third kappa shape index (κ3) is 5.73. The van der Waals surface area contributed by atoms with Gasteiger partial charge in [0.2, 0.25) is 0 Å². The Morgan fingerprint density at radius 1 is 0.518 bits per heavy atom. The molecule has 0 aliphatic carbocycles. The number of hydrogen-bond donors (Lipinski definition) is 0. The van der Waals surface area contributed by atoms with Crippen molar-refractivity contribution < 1.29 is 4.42 Å². The van der Waals surface area contributed by atoms with Crippen LogP contribution in [0.15, 0.2) is 197 Å². The number of aromatic nitrogens is 1.